The number of fused-ring (bicyclic) bond motifs is 3. The van der Waals surface area contributed by atoms with Crippen LogP contribution in [0.2, 0.25) is 0 Å². The van der Waals surface area contributed by atoms with E-state index in [2.05, 4.69) is 15.6 Å². The fraction of sp³-hybridized carbons (Fsp3) is 0.267. The van der Waals surface area contributed by atoms with Gasteiger partial charge in [0.25, 0.3) is 0 Å². The zero-order valence-electron chi connectivity index (χ0n) is 22.0. The summed E-state index contributed by atoms with van der Waals surface area (Å²) < 4.78 is 5.63. The van der Waals surface area contributed by atoms with E-state index in [9.17, 15) is 19.5 Å². The lowest BCUT2D eigenvalue weighted by Gasteiger charge is -2.22. The fourth-order valence-corrected chi connectivity index (χ4v) is 4.87. The molecular formula is C30H33N5O5. The molecule has 1 aliphatic rings. The van der Waals surface area contributed by atoms with E-state index in [0.717, 1.165) is 27.8 Å². The minimum Gasteiger partial charge on any atom is -0.480 e. The van der Waals surface area contributed by atoms with Gasteiger partial charge in [-0.05, 0) is 40.7 Å². The van der Waals surface area contributed by atoms with Crippen molar-refractivity contribution in [2.24, 2.45) is 16.5 Å². The number of nitrogens with two attached hydrogens (primary N) is 2. The van der Waals surface area contributed by atoms with Crippen molar-refractivity contribution < 1.29 is 24.2 Å². The molecule has 1 aliphatic carbocycles. The van der Waals surface area contributed by atoms with Crippen LogP contribution in [0.25, 0.3) is 11.1 Å². The molecule has 0 unspecified atom stereocenters. The Morgan fingerprint density at radius 3 is 2.05 bits per heavy atom. The van der Waals surface area contributed by atoms with Gasteiger partial charge in [-0.3, -0.25) is 9.79 Å². The van der Waals surface area contributed by atoms with Gasteiger partial charge in [-0.25, -0.2) is 9.59 Å². The minimum absolute atomic E-state index is 0.0854. The Balaban J connectivity index is 1.43. The minimum atomic E-state index is -1.20. The summed E-state index contributed by atoms with van der Waals surface area (Å²) in [5.74, 6) is -2.06. The number of aliphatic carboxylic acids is 1. The van der Waals surface area contributed by atoms with Crippen molar-refractivity contribution in [1.82, 2.24) is 10.6 Å². The number of amides is 2. The number of nitrogens with one attached hydrogen (secondary N) is 2. The number of alkyl carbamates (subject to hydrolysis) is 1. The van der Waals surface area contributed by atoms with Gasteiger partial charge in [0.1, 0.15) is 18.7 Å². The second-order valence-corrected chi connectivity index (χ2v) is 9.56. The molecule has 2 amide bonds. The third kappa shape index (κ3) is 7.16. The van der Waals surface area contributed by atoms with Gasteiger partial charge in [-0.2, -0.15) is 0 Å². The summed E-state index contributed by atoms with van der Waals surface area (Å²) in [7, 11) is 0. The molecular weight excluding hydrogens is 510 g/mol. The molecule has 0 aliphatic heterocycles. The molecule has 3 aromatic carbocycles. The number of carboxylic acid groups (broad SMARTS) is 1. The number of carboxylic acids is 1. The maximum atomic E-state index is 13.2. The number of rotatable bonds is 12. The molecule has 10 nitrogen and oxygen atoms in total. The lowest BCUT2D eigenvalue weighted by molar-refractivity contribution is -0.142. The Bertz CT molecular complexity index is 1330. The van der Waals surface area contributed by atoms with Crippen molar-refractivity contribution in [1.29, 1.82) is 0 Å². The van der Waals surface area contributed by atoms with E-state index in [1.54, 1.807) is 0 Å². The SMILES string of the molecule is NC(N)=NCCC[C@@H](NC(=O)[C@@H](Cc1ccccc1)NC(=O)OCC1c2ccccc2-c2ccccc21)C(=O)O. The maximum absolute atomic E-state index is 13.2. The van der Waals surface area contributed by atoms with E-state index in [0.29, 0.717) is 6.42 Å². The number of guanidine groups is 1. The molecule has 0 saturated heterocycles. The van der Waals surface area contributed by atoms with Gasteiger partial charge in [0.2, 0.25) is 5.91 Å². The summed E-state index contributed by atoms with van der Waals surface area (Å²) in [5, 5.41) is 14.8. The molecule has 4 rings (SSSR count). The second kappa shape index (κ2) is 13.3. The zero-order valence-corrected chi connectivity index (χ0v) is 22.0. The van der Waals surface area contributed by atoms with Gasteiger partial charge in [0.05, 0.1) is 0 Å². The molecule has 0 radical (unpaired) electrons. The number of aliphatic imine (C=N–C) groups is 1. The Morgan fingerprint density at radius 1 is 0.850 bits per heavy atom. The van der Waals surface area contributed by atoms with E-state index >= 15 is 0 Å². The normalized spacial score (nSPS) is 13.3. The van der Waals surface area contributed by atoms with Crippen molar-refractivity contribution in [2.45, 2.75) is 37.3 Å². The third-order valence-corrected chi connectivity index (χ3v) is 6.79. The number of nitrogens with zero attached hydrogens (tertiary/aromatic N) is 1. The molecule has 0 heterocycles. The molecule has 3 aromatic rings. The average Bonchev–Trinajstić information content (AvgIpc) is 3.27. The second-order valence-electron chi connectivity index (χ2n) is 9.56. The number of carbonyl (C=O) groups is 3. The Labute approximate surface area is 232 Å². The first kappa shape index (κ1) is 28.2. The quantitative estimate of drug-likeness (QED) is 0.133. The van der Waals surface area contributed by atoms with Crippen molar-refractivity contribution in [3.8, 4) is 11.1 Å². The highest BCUT2D eigenvalue weighted by atomic mass is 16.5. The van der Waals surface area contributed by atoms with Gasteiger partial charge in [0.15, 0.2) is 5.96 Å². The predicted molar refractivity (Wildman–Crippen MR) is 152 cm³/mol. The highest BCUT2D eigenvalue weighted by Crippen LogP contribution is 2.44. The van der Waals surface area contributed by atoms with Gasteiger partial charge in [-0.15, -0.1) is 0 Å². The van der Waals surface area contributed by atoms with E-state index in [4.69, 9.17) is 16.2 Å². The van der Waals surface area contributed by atoms with E-state index < -0.39 is 30.1 Å². The van der Waals surface area contributed by atoms with Crippen molar-refractivity contribution in [2.75, 3.05) is 13.2 Å². The van der Waals surface area contributed by atoms with Crippen LogP contribution in [0.15, 0.2) is 83.9 Å². The van der Waals surface area contributed by atoms with E-state index in [1.807, 2.05) is 78.9 Å². The average molecular weight is 544 g/mol. The smallest absolute Gasteiger partial charge is 0.407 e. The van der Waals surface area contributed by atoms with E-state index in [1.165, 1.54) is 0 Å². The summed E-state index contributed by atoms with van der Waals surface area (Å²) in [6, 6.07) is 22.9. The van der Waals surface area contributed by atoms with Crippen LogP contribution in [-0.2, 0) is 20.7 Å². The summed E-state index contributed by atoms with van der Waals surface area (Å²) in [4.78, 5) is 41.8. The number of carbonyl (C=O) groups excluding carboxylic acids is 2. The maximum Gasteiger partial charge on any atom is 0.407 e. The van der Waals surface area contributed by atoms with Crippen LogP contribution in [0.3, 0.4) is 0 Å². The Kier molecular flexibility index (Phi) is 9.35. The first-order valence-corrected chi connectivity index (χ1v) is 13.1. The highest BCUT2D eigenvalue weighted by Gasteiger charge is 2.31. The topological polar surface area (TPSA) is 169 Å². The molecule has 10 heteroatoms. The van der Waals surface area contributed by atoms with E-state index in [-0.39, 0.29) is 37.9 Å². The van der Waals surface area contributed by atoms with Crippen LogP contribution in [0, 0.1) is 0 Å². The fourth-order valence-electron chi connectivity index (χ4n) is 4.87. The van der Waals surface area contributed by atoms with Gasteiger partial charge < -0.3 is 31.9 Å². The first-order chi connectivity index (χ1) is 19.3. The number of ether oxygens (including phenoxy) is 1. The van der Waals surface area contributed by atoms with Gasteiger partial charge >= 0.3 is 12.1 Å². The highest BCUT2D eigenvalue weighted by molar-refractivity contribution is 5.89. The Morgan fingerprint density at radius 2 is 1.45 bits per heavy atom. The lowest BCUT2D eigenvalue weighted by atomic mass is 9.98. The number of hydrogen-bond donors (Lipinski definition) is 5. The molecule has 208 valence electrons. The third-order valence-electron chi connectivity index (χ3n) is 6.79. The molecule has 40 heavy (non-hydrogen) atoms. The molecule has 0 saturated carbocycles. The van der Waals surface area contributed by atoms with Crippen molar-refractivity contribution >= 4 is 23.9 Å². The monoisotopic (exact) mass is 543 g/mol. The van der Waals surface area contributed by atoms with Crippen LogP contribution in [-0.4, -0.2) is 54.3 Å². The van der Waals surface area contributed by atoms with Gasteiger partial charge in [-0.1, -0.05) is 78.9 Å². The number of benzene rings is 3. The lowest BCUT2D eigenvalue weighted by Crippen LogP contribution is -2.52. The molecule has 0 aromatic heterocycles. The molecule has 0 fully saturated rings. The van der Waals surface area contributed by atoms with Gasteiger partial charge in [0, 0.05) is 18.9 Å². The summed E-state index contributed by atoms with van der Waals surface area (Å²) in [6.45, 7) is 0.315. The van der Waals surface area contributed by atoms with Crippen molar-refractivity contribution in [3.63, 3.8) is 0 Å². The van der Waals surface area contributed by atoms with Crippen LogP contribution in [0.1, 0.15) is 35.4 Å². The summed E-state index contributed by atoms with van der Waals surface area (Å²) >= 11 is 0. The van der Waals surface area contributed by atoms with Crippen molar-refractivity contribution in [3.05, 3.63) is 95.6 Å². The van der Waals surface area contributed by atoms with Crippen LogP contribution in [0.5, 0.6) is 0 Å². The summed E-state index contributed by atoms with van der Waals surface area (Å²) in [5.41, 5.74) is 15.8. The Hall–Kier alpha value is -4.86. The number of hydrogen-bond acceptors (Lipinski definition) is 5. The molecule has 0 spiro atoms. The molecule has 7 N–H and O–H groups in total. The first-order valence-electron chi connectivity index (χ1n) is 13.1. The standard InChI is InChI=1S/C30H33N5O5/c31-29(32)33-16-8-15-25(28(37)38)34-27(36)26(17-19-9-2-1-3-10-19)35-30(39)40-18-24-22-13-6-4-11-20(22)21-12-5-7-14-23(21)24/h1-7,9-14,24-26H,8,15-18H2,(H,34,36)(H,35,39)(H,37,38)(H4,31,32,33)/t25-,26-/m1/s1. The molecule has 0 bridgehead atoms. The predicted octanol–water partition coefficient (Wildman–Crippen LogP) is 2.76. The largest absolute Gasteiger partial charge is 0.480 e. The van der Waals surface area contributed by atoms with Crippen LogP contribution < -0.4 is 22.1 Å². The summed E-state index contributed by atoms with van der Waals surface area (Å²) in [6.07, 6.45) is -0.159. The zero-order chi connectivity index (χ0) is 28.5. The van der Waals surface area contributed by atoms with Crippen LogP contribution in [0.4, 0.5) is 4.79 Å². The van der Waals surface area contributed by atoms with Crippen LogP contribution >= 0.6 is 0 Å². The molecule has 2 atom stereocenters.